The molecule has 21 heavy (non-hydrogen) atoms. The smallest absolute Gasteiger partial charge is 0.126 e. The molecule has 5 unspecified atom stereocenters. The molecule has 3 fully saturated rings. The largest absolute Gasteiger partial charge is 0.313 e. The molecule has 2 bridgehead atoms. The van der Waals surface area contributed by atoms with Gasteiger partial charge in [0, 0.05) is 6.04 Å². The molecule has 114 valence electrons. The molecule has 1 nitrogen and oxygen atoms in total. The van der Waals surface area contributed by atoms with Crippen LogP contribution in [0.4, 0.5) is 4.39 Å². The minimum Gasteiger partial charge on any atom is -0.313 e. The lowest BCUT2D eigenvalue weighted by Gasteiger charge is -2.22. The quantitative estimate of drug-likeness (QED) is 0.833. The van der Waals surface area contributed by atoms with E-state index in [1.54, 1.807) is 12.1 Å². The van der Waals surface area contributed by atoms with Gasteiger partial charge in [0.25, 0.3) is 0 Å². The van der Waals surface area contributed by atoms with Crippen molar-refractivity contribution in [2.45, 2.75) is 45.1 Å². The molecule has 0 amide bonds. The number of benzene rings is 1. The van der Waals surface area contributed by atoms with Crippen molar-refractivity contribution in [2.75, 3.05) is 6.54 Å². The van der Waals surface area contributed by atoms with Crippen LogP contribution in [-0.4, -0.2) is 12.6 Å². The molecule has 1 N–H and O–H groups in total. The van der Waals surface area contributed by atoms with Crippen LogP contribution in [0.1, 0.15) is 38.2 Å². The Hall–Kier alpha value is -0.890. The predicted molar refractivity (Wildman–Crippen MR) is 83.5 cm³/mol. The van der Waals surface area contributed by atoms with Gasteiger partial charge < -0.3 is 5.32 Å². The molecular weight excluding hydrogens is 261 g/mol. The van der Waals surface area contributed by atoms with Crippen molar-refractivity contribution in [1.29, 1.82) is 0 Å². The summed E-state index contributed by atoms with van der Waals surface area (Å²) in [5, 5.41) is 3.74. The minimum atomic E-state index is -0.0328. The third kappa shape index (κ3) is 2.32. The fourth-order valence-corrected chi connectivity index (χ4v) is 5.51. The molecular formula is C19H26FN. The van der Waals surface area contributed by atoms with Crippen molar-refractivity contribution in [2.24, 2.45) is 29.6 Å². The third-order valence-electron chi connectivity index (χ3n) is 6.31. The van der Waals surface area contributed by atoms with Crippen LogP contribution in [0.25, 0.3) is 0 Å². The summed E-state index contributed by atoms with van der Waals surface area (Å²) in [4.78, 5) is 0. The van der Waals surface area contributed by atoms with Crippen molar-refractivity contribution < 1.29 is 4.39 Å². The highest BCUT2D eigenvalue weighted by atomic mass is 19.1. The van der Waals surface area contributed by atoms with Crippen LogP contribution in [0, 0.1) is 35.4 Å². The molecule has 3 saturated carbocycles. The van der Waals surface area contributed by atoms with E-state index in [2.05, 4.69) is 12.2 Å². The fourth-order valence-electron chi connectivity index (χ4n) is 5.51. The van der Waals surface area contributed by atoms with Crippen LogP contribution in [-0.2, 0) is 6.42 Å². The second-order valence-electron chi connectivity index (χ2n) is 7.42. The molecule has 2 heteroatoms. The molecule has 0 aromatic heterocycles. The number of nitrogens with one attached hydrogen (secondary N) is 1. The van der Waals surface area contributed by atoms with Crippen molar-refractivity contribution in [1.82, 2.24) is 5.32 Å². The van der Waals surface area contributed by atoms with E-state index < -0.39 is 0 Å². The standard InChI is InChI=1S/C19H26FN/c1-2-9-21-16(11-12-5-3-4-6-15(12)20)19-17-13-7-8-14(10-13)18(17)19/h3-6,13-14,16-19,21H,2,7-11H2,1H3. The summed E-state index contributed by atoms with van der Waals surface area (Å²) in [6, 6.07) is 7.80. The zero-order chi connectivity index (χ0) is 14.4. The Balaban J connectivity index is 1.49. The first-order valence-electron chi connectivity index (χ1n) is 8.76. The normalized spacial score (nSPS) is 37.5. The van der Waals surface area contributed by atoms with Gasteiger partial charge in [0.15, 0.2) is 0 Å². The second-order valence-corrected chi connectivity index (χ2v) is 7.42. The van der Waals surface area contributed by atoms with Gasteiger partial charge >= 0.3 is 0 Å². The van der Waals surface area contributed by atoms with E-state index in [-0.39, 0.29) is 5.82 Å². The van der Waals surface area contributed by atoms with E-state index in [0.29, 0.717) is 6.04 Å². The molecule has 0 heterocycles. The Labute approximate surface area is 127 Å². The van der Waals surface area contributed by atoms with Gasteiger partial charge in [-0.15, -0.1) is 0 Å². The lowest BCUT2D eigenvalue weighted by Crippen LogP contribution is -2.36. The van der Waals surface area contributed by atoms with Crippen molar-refractivity contribution >= 4 is 0 Å². The summed E-state index contributed by atoms with van der Waals surface area (Å²) >= 11 is 0. The Morgan fingerprint density at radius 3 is 2.57 bits per heavy atom. The lowest BCUT2D eigenvalue weighted by molar-refractivity contribution is 0.358. The average molecular weight is 287 g/mol. The van der Waals surface area contributed by atoms with Gasteiger partial charge in [0.2, 0.25) is 0 Å². The van der Waals surface area contributed by atoms with Crippen LogP contribution < -0.4 is 5.32 Å². The SMILES string of the molecule is CCCNC(Cc1ccccc1F)C1C2C3CCC(C3)C21. The van der Waals surface area contributed by atoms with Gasteiger partial charge in [0.05, 0.1) is 0 Å². The van der Waals surface area contributed by atoms with Gasteiger partial charge in [-0.2, -0.15) is 0 Å². The first-order valence-corrected chi connectivity index (χ1v) is 8.76. The maximum absolute atomic E-state index is 14.0. The van der Waals surface area contributed by atoms with Crippen molar-refractivity contribution in [3.8, 4) is 0 Å². The molecule has 5 atom stereocenters. The fraction of sp³-hybridized carbons (Fsp3) is 0.684. The number of halogens is 1. The van der Waals surface area contributed by atoms with Crippen molar-refractivity contribution in [3.05, 3.63) is 35.6 Å². The molecule has 0 spiro atoms. The van der Waals surface area contributed by atoms with Gasteiger partial charge in [-0.05, 0) is 79.9 Å². The molecule has 0 saturated heterocycles. The predicted octanol–water partition coefficient (Wildman–Crippen LogP) is 4.03. The van der Waals surface area contributed by atoms with E-state index in [4.69, 9.17) is 0 Å². The summed E-state index contributed by atoms with van der Waals surface area (Å²) in [7, 11) is 0. The Morgan fingerprint density at radius 2 is 1.90 bits per heavy atom. The van der Waals surface area contributed by atoms with Crippen LogP contribution in [0.5, 0.6) is 0 Å². The second kappa shape index (κ2) is 5.39. The van der Waals surface area contributed by atoms with Crippen LogP contribution >= 0.6 is 0 Å². The molecule has 3 aliphatic rings. The summed E-state index contributed by atoms with van der Waals surface area (Å²) in [5.41, 5.74) is 0.892. The highest BCUT2D eigenvalue weighted by molar-refractivity contribution is 5.22. The number of fused-ring (bicyclic) bond motifs is 5. The van der Waals surface area contributed by atoms with Crippen LogP contribution in [0.15, 0.2) is 24.3 Å². The molecule has 0 aliphatic heterocycles. The number of hydrogen-bond acceptors (Lipinski definition) is 1. The van der Waals surface area contributed by atoms with Gasteiger partial charge in [-0.3, -0.25) is 0 Å². The topological polar surface area (TPSA) is 12.0 Å². The maximum Gasteiger partial charge on any atom is 0.126 e. The summed E-state index contributed by atoms with van der Waals surface area (Å²) in [6.07, 6.45) is 6.43. The number of hydrogen-bond donors (Lipinski definition) is 1. The summed E-state index contributed by atoms with van der Waals surface area (Å²) < 4.78 is 14.0. The Morgan fingerprint density at radius 1 is 1.19 bits per heavy atom. The molecule has 1 aromatic rings. The Kier molecular flexibility index (Phi) is 3.53. The van der Waals surface area contributed by atoms with Gasteiger partial charge in [0.1, 0.15) is 5.82 Å². The third-order valence-corrected chi connectivity index (χ3v) is 6.31. The molecule has 0 radical (unpaired) electrons. The zero-order valence-electron chi connectivity index (χ0n) is 12.9. The maximum atomic E-state index is 14.0. The highest BCUT2D eigenvalue weighted by Crippen LogP contribution is 2.70. The first-order chi connectivity index (χ1) is 10.3. The van der Waals surface area contributed by atoms with E-state index in [0.717, 1.165) is 54.5 Å². The highest BCUT2D eigenvalue weighted by Gasteiger charge is 2.66. The molecule has 1 aromatic carbocycles. The minimum absolute atomic E-state index is 0.0328. The average Bonchev–Trinajstić information content (AvgIpc) is 2.92. The van der Waals surface area contributed by atoms with Gasteiger partial charge in [-0.25, -0.2) is 4.39 Å². The molecule has 3 aliphatic carbocycles. The van der Waals surface area contributed by atoms with Crippen molar-refractivity contribution in [3.63, 3.8) is 0 Å². The lowest BCUT2D eigenvalue weighted by atomic mass is 9.93. The van der Waals surface area contributed by atoms with Gasteiger partial charge in [-0.1, -0.05) is 25.1 Å². The van der Waals surface area contributed by atoms with Crippen LogP contribution in [0.2, 0.25) is 0 Å². The Bertz CT molecular complexity index is 498. The first kappa shape index (κ1) is 13.8. The summed E-state index contributed by atoms with van der Waals surface area (Å²) in [6.45, 7) is 3.27. The number of rotatable bonds is 6. The van der Waals surface area contributed by atoms with E-state index >= 15 is 0 Å². The van der Waals surface area contributed by atoms with E-state index in [1.807, 2.05) is 12.1 Å². The van der Waals surface area contributed by atoms with E-state index in [1.165, 1.54) is 19.3 Å². The van der Waals surface area contributed by atoms with E-state index in [9.17, 15) is 4.39 Å². The van der Waals surface area contributed by atoms with Crippen LogP contribution in [0.3, 0.4) is 0 Å². The zero-order valence-corrected chi connectivity index (χ0v) is 12.9. The molecule has 4 rings (SSSR count). The monoisotopic (exact) mass is 287 g/mol. The summed E-state index contributed by atoms with van der Waals surface area (Å²) in [5.74, 6) is 4.71.